The Bertz CT molecular complexity index is 1250. The summed E-state index contributed by atoms with van der Waals surface area (Å²) < 4.78 is 49.5. The summed E-state index contributed by atoms with van der Waals surface area (Å²) in [5.74, 6) is -0.664. The van der Waals surface area contributed by atoms with E-state index in [4.69, 9.17) is 21.7 Å². The summed E-state index contributed by atoms with van der Waals surface area (Å²) in [6.07, 6.45) is -4.51. The number of para-hydroxylation sites is 1. The molecule has 194 valence electrons. The first kappa shape index (κ1) is 27.6. The molecular formula is C26H24F3N3O4S. The Balaban J connectivity index is 1.56. The van der Waals surface area contributed by atoms with E-state index in [-0.39, 0.29) is 23.0 Å². The quantitative estimate of drug-likeness (QED) is 0.250. The van der Waals surface area contributed by atoms with Gasteiger partial charge in [0.25, 0.3) is 11.8 Å². The molecule has 0 unspecified atom stereocenters. The maximum absolute atomic E-state index is 12.9. The normalized spacial score (nSPS) is 10.9. The summed E-state index contributed by atoms with van der Waals surface area (Å²) in [4.78, 5) is 25.1. The van der Waals surface area contributed by atoms with E-state index in [0.29, 0.717) is 30.2 Å². The Morgan fingerprint density at radius 1 is 0.865 bits per heavy atom. The summed E-state index contributed by atoms with van der Waals surface area (Å²) in [5.41, 5.74) is 0.163. The minimum Gasteiger partial charge on any atom is -0.490 e. The second-order valence-corrected chi connectivity index (χ2v) is 7.97. The number of anilines is 2. The first-order valence-electron chi connectivity index (χ1n) is 11.2. The van der Waals surface area contributed by atoms with Crippen molar-refractivity contribution < 1.29 is 32.2 Å². The molecule has 0 spiro atoms. The van der Waals surface area contributed by atoms with E-state index in [9.17, 15) is 22.8 Å². The number of hydrogen-bond acceptors (Lipinski definition) is 5. The van der Waals surface area contributed by atoms with Crippen molar-refractivity contribution in [1.82, 2.24) is 5.32 Å². The van der Waals surface area contributed by atoms with Crippen LogP contribution in [0.5, 0.6) is 5.75 Å². The van der Waals surface area contributed by atoms with Crippen molar-refractivity contribution in [1.29, 1.82) is 0 Å². The zero-order valence-corrected chi connectivity index (χ0v) is 20.5. The molecule has 0 aliphatic carbocycles. The molecule has 3 aromatic carbocycles. The zero-order chi connectivity index (χ0) is 26.8. The topological polar surface area (TPSA) is 88.7 Å². The second kappa shape index (κ2) is 12.8. The Kier molecular flexibility index (Phi) is 9.58. The SMILES string of the molecule is CCOCCOc1ccccc1C(=O)NC(=S)Nc1ccc(C(=O)Nc2cccc(C(F)(F)F)c2)cc1. The van der Waals surface area contributed by atoms with E-state index >= 15 is 0 Å². The standard InChI is InChI=1S/C26H24F3N3O4S/c1-2-35-14-15-36-22-9-4-3-8-21(22)24(34)32-25(37)31-19-12-10-17(11-13-19)23(33)30-20-7-5-6-18(16-20)26(27,28)29/h3-13,16H,2,14-15H2,1H3,(H,30,33)(H2,31,32,34,37). The molecule has 37 heavy (non-hydrogen) atoms. The van der Waals surface area contributed by atoms with Crippen LogP contribution >= 0.6 is 12.2 Å². The third kappa shape index (κ3) is 8.29. The van der Waals surface area contributed by atoms with Gasteiger partial charge in [-0.05, 0) is 73.7 Å². The highest BCUT2D eigenvalue weighted by molar-refractivity contribution is 7.80. The van der Waals surface area contributed by atoms with Gasteiger partial charge in [-0.3, -0.25) is 14.9 Å². The lowest BCUT2D eigenvalue weighted by Crippen LogP contribution is -2.34. The van der Waals surface area contributed by atoms with Gasteiger partial charge in [-0.2, -0.15) is 13.2 Å². The molecule has 3 N–H and O–H groups in total. The van der Waals surface area contributed by atoms with Gasteiger partial charge in [-0.15, -0.1) is 0 Å². The van der Waals surface area contributed by atoms with Crippen LogP contribution in [0.3, 0.4) is 0 Å². The first-order chi connectivity index (χ1) is 17.7. The van der Waals surface area contributed by atoms with Gasteiger partial charge in [-0.25, -0.2) is 0 Å². The third-order valence-electron chi connectivity index (χ3n) is 4.90. The van der Waals surface area contributed by atoms with Crippen LogP contribution in [0.4, 0.5) is 24.5 Å². The fourth-order valence-corrected chi connectivity index (χ4v) is 3.36. The zero-order valence-electron chi connectivity index (χ0n) is 19.7. The maximum atomic E-state index is 12.9. The molecule has 11 heteroatoms. The first-order valence-corrected chi connectivity index (χ1v) is 11.6. The van der Waals surface area contributed by atoms with Crippen molar-refractivity contribution in [3.05, 3.63) is 89.5 Å². The molecule has 0 aliphatic rings. The number of thiocarbonyl (C=S) groups is 1. The lowest BCUT2D eigenvalue weighted by Gasteiger charge is -2.13. The van der Waals surface area contributed by atoms with E-state index in [2.05, 4.69) is 16.0 Å². The number of rotatable bonds is 9. The highest BCUT2D eigenvalue weighted by Gasteiger charge is 2.30. The highest BCUT2D eigenvalue weighted by Crippen LogP contribution is 2.30. The summed E-state index contributed by atoms with van der Waals surface area (Å²) >= 11 is 5.22. The van der Waals surface area contributed by atoms with Crippen LogP contribution in [0.25, 0.3) is 0 Å². The van der Waals surface area contributed by atoms with Gasteiger partial charge in [-0.1, -0.05) is 18.2 Å². The molecule has 0 aromatic heterocycles. The number of hydrogen-bond donors (Lipinski definition) is 3. The number of ether oxygens (including phenoxy) is 2. The molecule has 0 saturated carbocycles. The lowest BCUT2D eigenvalue weighted by molar-refractivity contribution is -0.137. The van der Waals surface area contributed by atoms with Crippen molar-refractivity contribution in [3.8, 4) is 5.75 Å². The predicted molar refractivity (Wildman–Crippen MR) is 138 cm³/mol. The van der Waals surface area contributed by atoms with Crippen LogP contribution in [0, 0.1) is 0 Å². The lowest BCUT2D eigenvalue weighted by atomic mass is 10.1. The number of carbonyl (C=O) groups excluding carboxylic acids is 2. The maximum Gasteiger partial charge on any atom is 0.416 e. The molecule has 3 rings (SSSR count). The number of nitrogens with one attached hydrogen (secondary N) is 3. The molecule has 0 atom stereocenters. The summed E-state index contributed by atoms with van der Waals surface area (Å²) in [7, 11) is 0. The number of alkyl halides is 3. The Morgan fingerprint density at radius 3 is 2.30 bits per heavy atom. The van der Waals surface area contributed by atoms with E-state index in [1.165, 1.54) is 24.3 Å². The summed E-state index contributed by atoms with van der Waals surface area (Å²) in [5, 5.41) is 7.88. The Labute approximate surface area is 217 Å². The molecule has 0 radical (unpaired) electrons. The van der Waals surface area contributed by atoms with Crippen molar-refractivity contribution >= 4 is 40.5 Å². The van der Waals surface area contributed by atoms with Gasteiger partial charge < -0.3 is 20.1 Å². The van der Waals surface area contributed by atoms with E-state index in [0.717, 1.165) is 12.1 Å². The molecular weight excluding hydrogens is 507 g/mol. The van der Waals surface area contributed by atoms with Crippen LogP contribution < -0.4 is 20.7 Å². The second-order valence-electron chi connectivity index (χ2n) is 7.56. The van der Waals surface area contributed by atoms with Crippen LogP contribution in [0.2, 0.25) is 0 Å². The van der Waals surface area contributed by atoms with Crippen LogP contribution in [0.15, 0.2) is 72.8 Å². The number of carbonyl (C=O) groups is 2. The largest absolute Gasteiger partial charge is 0.490 e. The van der Waals surface area contributed by atoms with E-state index in [1.807, 2.05) is 6.92 Å². The van der Waals surface area contributed by atoms with Crippen molar-refractivity contribution in [2.24, 2.45) is 0 Å². The fourth-order valence-electron chi connectivity index (χ4n) is 3.15. The van der Waals surface area contributed by atoms with Gasteiger partial charge in [0.1, 0.15) is 12.4 Å². The summed E-state index contributed by atoms with van der Waals surface area (Å²) in [6, 6.07) is 17.1. The van der Waals surface area contributed by atoms with Crippen molar-refractivity contribution in [2.75, 3.05) is 30.5 Å². The molecule has 0 bridgehead atoms. The molecule has 0 fully saturated rings. The Morgan fingerprint density at radius 2 is 1.59 bits per heavy atom. The minimum absolute atomic E-state index is 0.0214. The van der Waals surface area contributed by atoms with Gasteiger partial charge >= 0.3 is 6.18 Å². The molecule has 0 aliphatic heterocycles. The third-order valence-corrected chi connectivity index (χ3v) is 5.10. The predicted octanol–water partition coefficient (Wildman–Crippen LogP) is 5.50. The molecule has 3 aromatic rings. The van der Waals surface area contributed by atoms with E-state index in [1.54, 1.807) is 36.4 Å². The Hall–Kier alpha value is -3.96. The number of amides is 2. The van der Waals surface area contributed by atoms with Crippen LogP contribution in [-0.2, 0) is 10.9 Å². The smallest absolute Gasteiger partial charge is 0.416 e. The average molecular weight is 532 g/mol. The molecule has 2 amide bonds. The summed E-state index contributed by atoms with van der Waals surface area (Å²) in [6.45, 7) is 3.11. The molecule has 7 nitrogen and oxygen atoms in total. The van der Waals surface area contributed by atoms with Gasteiger partial charge in [0.2, 0.25) is 0 Å². The number of benzene rings is 3. The highest BCUT2D eigenvalue weighted by atomic mass is 32.1. The van der Waals surface area contributed by atoms with Crippen LogP contribution in [-0.4, -0.2) is 36.7 Å². The van der Waals surface area contributed by atoms with Crippen LogP contribution in [0.1, 0.15) is 33.2 Å². The molecule has 0 saturated heterocycles. The number of halogens is 3. The average Bonchev–Trinajstić information content (AvgIpc) is 2.87. The van der Waals surface area contributed by atoms with Gasteiger partial charge in [0.15, 0.2) is 5.11 Å². The van der Waals surface area contributed by atoms with Gasteiger partial charge in [0.05, 0.1) is 17.7 Å². The van der Waals surface area contributed by atoms with Crippen molar-refractivity contribution in [2.45, 2.75) is 13.1 Å². The van der Waals surface area contributed by atoms with E-state index < -0.39 is 23.6 Å². The minimum atomic E-state index is -4.51. The monoisotopic (exact) mass is 531 g/mol. The fraction of sp³-hybridized carbons (Fsp3) is 0.192. The van der Waals surface area contributed by atoms with Crippen molar-refractivity contribution in [3.63, 3.8) is 0 Å². The molecule has 0 heterocycles. The van der Waals surface area contributed by atoms with Gasteiger partial charge in [0, 0.05) is 23.5 Å².